The average Bonchev–Trinajstić information content (AvgIpc) is 1.96. The third-order valence-electron chi connectivity index (χ3n) is 1.78. The van der Waals surface area contributed by atoms with Crippen molar-refractivity contribution in [2.45, 2.75) is 31.0 Å². The quantitative estimate of drug-likeness (QED) is 0.351. The Morgan fingerprint density at radius 1 is 1.45 bits per heavy atom. The summed E-state index contributed by atoms with van der Waals surface area (Å²) in [6.45, 7) is -0.327. The first kappa shape index (κ1) is 8.89. The van der Waals surface area contributed by atoms with E-state index in [1.165, 1.54) is 0 Å². The van der Waals surface area contributed by atoms with Crippen LogP contribution in [0.1, 0.15) is 6.42 Å². The molecule has 0 aromatic rings. The molecule has 1 aliphatic heterocycles. The van der Waals surface area contributed by atoms with Crippen molar-refractivity contribution in [2.24, 2.45) is 5.73 Å². The SMILES string of the molecule is NC1CC(O)C(O)C(CO)O1. The first-order valence-electron chi connectivity index (χ1n) is 3.53. The molecule has 0 amide bonds. The van der Waals surface area contributed by atoms with Crippen molar-refractivity contribution in [2.75, 3.05) is 6.61 Å². The van der Waals surface area contributed by atoms with Gasteiger partial charge in [0.1, 0.15) is 18.4 Å². The van der Waals surface area contributed by atoms with Crippen LogP contribution in [0.3, 0.4) is 0 Å². The fourth-order valence-electron chi connectivity index (χ4n) is 1.14. The Kier molecular flexibility index (Phi) is 2.80. The van der Waals surface area contributed by atoms with Crippen LogP contribution in [0.25, 0.3) is 0 Å². The van der Waals surface area contributed by atoms with E-state index >= 15 is 0 Å². The molecular weight excluding hydrogens is 150 g/mol. The molecule has 4 unspecified atom stereocenters. The van der Waals surface area contributed by atoms with E-state index in [1.807, 2.05) is 0 Å². The molecule has 5 heteroatoms. The monoisotopic (exact) mass is 163 g/mol. The molecule has 1 saturated heterocycles. The topological polar surface area (TPSA) is 95.9 Å². The number of hydrogen-bond acceptors (Lipinski definition) is 5. The van der Waals surface area contributed by atoms with E-state index in [0.29, 0.717) is 0 Å². The minimum atomic E-state index is -1.03. The normalized spacial score (nSPS) is 45.8. The molecule has 66 valence electrons. The van der Waals surface area contributed by atoms with Gasteiger partial charge >= 0.3 is 0 Å². The number of ether oxygens (including phenoxy) is 1. The van der Waals surface area contributed by atoms with Crippen LogP contribution in [0.15, 0.2) is 0 Å². The number of hydrogen-bond donors (Lipinski definition) is 4. The van der Waals surface area contributed by atoms with Crippen LogP contribution in [-0.4, -0.2) is 46.5 Å². The molecule has 5 nitrogen and oxygen atoms in total. The van der Waals surface area contributed by atoms with Gasteiger partial charge in [0.05, 0.1) is 12.7 Å². The molecule has 11 heavy (non-hydrogen) atoms. The Balaban J connectivity index is 2.51. The Hall–Kier alpha value is -0.200. The van der Waals surface area contributed by atoms with E-state index in [-0.39, 0.29) is 13.0 Å². The summed E-state index contributed by atoms with van der Waals surface area (Å²) < 4.78 is 4.94. The van der Waals surface area contributed by atoms with Crippen molar-refractivity contribution in [3.8, 4) is 0 Å². The molecule has 5 N–H and O–H groups in total. The van der Waals surface area contributed by atoms with Crippen LogP contribution < -0.4 is 5.73 Å². The molecule has 0 radical (unpaired) electrons. The first-order valence-corrected chi connectivity index (χ1v) is 3.53. The minimum Gasteiger partial charge on any atom is -0.394 e. The number of aliphatic hydroxyl groups excluding tert-OH is 3. The van der Waals surface area contributed by atoms with E-state index in [2.05, 4.69) is 0 Å². The van der Waals surface area contributed by atoms with E-state index < -0.39 is 24.5 Å². The van der Waals surface area contributed by atoms with Crippen molar-refractivity contribution in [3.63, 3.8) is 0 Å². The van der Waals surface area contributed by atoms with Crippen molar-refractivity contribution in [1.29, 1.82) is 0 Å². The van der Waals surface area contributed by atoms with Crippen molar-refractivity contribution in [3.05, 3.63) is 0 Å². The third-order valence-corrected chi connectivity index (χ3v) is 1.78. The summed E-state index contributed by atoms with van der Waals surface area (Å²) in [5.41, 5.74) is 5.35. The first-order chi connectivity index (χ1) is 5.15. The van der Waals surface area contributed by atoms with Gasteiger partial charge in [-0.25, -0.2) is 0 Å². The molecule has 1 heterocycles. The second-order valence-corrected chi connectivity index (χ2v) is 2.69. The van der Waals surface area contributed by atoms with Crippen LogP contribution in [0.5, 0.6) is 0 Å². The van der Waals surface area contributed by atoms with Gasteiger partial charge in [-0.1, -0.05) is 0 Å². The van der Waals surface area contributed by atoms with Gasteiger partial charge in [0.25, 0.3) is 0 Å². The van der Waals surface area contributed by atoms with Crippen molar-refractivity contribution in [1.82, 2.24) is 0 Å². The molecular formula is C6H13NO4. The van der Waals surface area contributed by atoms with E-state index in [1.54, 1.807) is 0 Å². The van der Waals surface area contributed by atoms with Gasteiger partial charge in [0.2, 0.25) is 0 Å². The highest BCUT2D eigenvalue weighted by Gasteiger charge is 2.34. The minimum absolute atomic E-state index is 0.206. The smallest absolute Gasteiger partial charge is 0.111 e. The van der Waals surface area contributed by atoms with Gasteiger partial charge in [-0.2, -0.15) is 0 Å². The second kappa shape index (κ2) is 3.46. The fourth-order valence-corrected chi connectivity index (χ4v) is 1.14. The highest BCUT2D eigenvalue weighted by atomic mass is 16.5. The molecule has 0 saturated carbocycles. The predicted octanol–water partition coefficient (Wildman–Crippen LogP) is -2.23. The summed E-state index contributed by atoms with van der Waals surface area (Å²) >= 11 is 0. The van der Waals surface area contributed by atoms with Gasteiger partial charge in [0, 0.05) is 6.42 Å². The van der Waals surface area contributed by atoms with Crippen molar-refractivity contribution < 1.29 is 20.1 Å². The predicted molar refractivity (Wildman–Crippen MR) is 36.6 cm³/mol. The summed E-state index contributed by atoms with van der Waals surface area (Å²) in [7, 11) is 0. The number of aliphatic hydroxyl groups is 3. The lowest BCUT2D eigenvalue weighted by molar-refractivity contribution is -0.177. The summed E-state index contributed by atoms with van der Waals surface area (Å²) in [5, 5.41) is 26.9. The molecule has 0 bridgehead atoms. The summed E-state index contributed by atoms with van der Waals surface area (Å²) in [5.74, 6) is 0. The molecule has 0 aromatic heterocycles. The standard InChI is InChI=1S/C6H13NO4/c7-5-1-3(9)6(10)4(2-8)11-5/h3-6,8-10H,1-2,7H2. The van der Waals surface area contributed by atoms with Gasteiger partial charge in [-0.15, -0.1) is 0 Å². The molecule has 0 aliphatic carbocycles. The van der Waals surface area contributed by atoms with Crippen LogP contribution >= 0.6 is 0 Å². The lowest BCUT2D eigenvalue weighted by atomic mass is 10.0. The third kappa shape index (κ3) is 1.88. The van der Waals surface area contributed by atoms with Gasteiger partial charge in [-0.3, -0.25) is 0 Å². The van der Waals surface area contributed by atoms with Crippen LogP contribution in [-0.2, 0) is 4.74 Å². The molecule has 1 rings (SSSR count). The summed E-state index contributed by atoms with van der Waals surface area (Å²) in [6.07, 6.45) is -3.06. The largest absolute Gasteiger partial charge is 0.394 e. The van der Waals surface area contributed by atoms with E-state index in [0.717, 1.165) is 0 Å². The zero-order valence-electron chi connectivity index (χ0n) is 6.05. The highest BCUT2D eigenvalue weighted by Crippen LogP contribution is 2.16. The molecule has 0 aromatic carbocycles. The second-order valence-electron chi connectivity index (χ2n) is 2.69. The Labute approximate surface area is 64.4 Å². The van der Waals surface area contributed by atoms with E-state index in [4.69, 9.17) is 25.8 Å². The summed E-state index contributed by atoms with van der Waals surface area (Å²) in [4.78, 5) is 0. The maximum absolute atomic E-state index is 9.16. The Bertz CT molecular complexity index is 132. The lowest BCUT2D eigenvalue weighted by Crippen LogP contribution is -2.52. The van der Waals surface area contributed by atoms with Crippen molar-refractivity contribution >= 4 is 0 Å². The lowest BCUT2D eigenvalue weighted by Gasteiger charge is -2.34. The average molecular weight is 163 g/mol. The Morgan fingerprint density at radius 3 is 2.64 bits per heavy atom. The number of nitrogens with two attached hydrogens (primary N) is 1. The summed E-state index contributed by atoms with van der Waals surface area (Å²) in [6, 6.07) is 0. The zero-order valence-corrected chi connectivity index (χ0v) is 6.05. The van der Waals surface area contributed by atoms with Crippen LogP contribution in [0, 0.1) is 0 Å². The van der Waals surface area contributed by atoms with Gasteiger partial charge in [0.15, 0.2) is 0 Å². The number of rotatable bonds is 1. The van der Waals surface area contributed by atoms with Gasteiger partial charge < -0.3 is 25.8 Å². The molecule has 1 fully saturated rings. The van der Waals surface area contributed by atoms with Crippen LogP contribution in [0.2, 0.25) is 0 Å². The van der Waals surface area contributed by atoms with Crippen LogP contribution in [0.4, 0.5) is 0 Å². The Morgan fingerprint density at radius 2 is 2.09 bits per heavy atom. The van der Waals surface area contributed by atoms with Gasteiger partial charge in [-0.05, 0) is 0 Å². The maximum atomic E-state index is 9.16. The fraction of sp³-hybridized carbons (Fsp3) is 1.00. The molecule has 0 spiro atoms. The van der Waals surface area contributed by atoms with E-state index in [9.17, 15) is 0 Å². The maximum Gasteiger partial charge on any atom is 0.111 e. The highest BCUT2D eigenvalue weighted by molar-refractivity contribution is 4.82. The molecule has 4 atom stereocenters. The molecule has 1 aliphatic rings. The zero-order chi connectivity index (χ0) is 8.43.